The molecule has 0 saturated heterocycles. The molecule has 1 amide bonds. The number of halogens is 3. The van der Waals surface area contributed by atoms with Crippen LogP contribution in [0.25, 0.3) is 0 Å². The number of carbonyl (C=O) groups excluding carboxylic acids is 1. The van der Waals surface area contributed by atoms with E-state index in [-0.39, 0.29) is 5.69 Å². The molecule has 3 nitrogen and oxygen atoms in total. The number of ether oxygens (including phenoxy) is 1. The van der Waals surface area contributed by atoms with E-state index in [0.29, 0.717) is 15.2 Å². The first kappa shape index (κ1) is 16.8. The molecule has 1 atom stereocenters. The Morgan fingerprint density at radius 2 is 2.05 bits per heavy atom. The van der Waals surface area contributed by atoms with Crippen molar-refractivity contribution in [1.29, 1.82) is 0 Å². The third-order valence-electron chi connectivity index (χ3n) is 3.00. The van der Waals surface area contributed by atoms with Gasteiger partial charge in [0, 0.05) is 9.50 Å². The fourth-order valence-corrected chi connectivity index (χ4v) is 2.22. The monoisotopic (exact) mass is 385 g/mol. The summed E-state index contributed by atoms with van der Waals surface area (Å²) >= 11 is 9.10. The number of aryl methyl sites for hydroxylation is 1. The number of hydrogen-bond acceptors (Lipinski definition) is 2. The first-order valence-corrected chi connectivity index (χ1v) is 7.72. The second kappa shape index (κ2) is 7.11. The van der Waals surface area contributed by atoms with E-state index in [1.807, 2.05) is 6.92 Å². The smallest absolute Gasteiger partial charge is 0.265 e. The van der Waals surface area contributed by atoms with Gasteiger partial charge in [0.2, 0.25) is 0 Å². The van der Waals surface area contributed by atoms with E-state index in [4.69, 9.17) is 16.3 Å². The summed E-state index contributed by atoms with van der Waals surface area (Å²) in [5, 5.41) is 3.12. The number of rotatable bonds is 4. The highest BCUT2D eigenvalue weighted by atomic mass is 79.9. The third-order valence-corrected chi connectivity index (χ3v) is 3.92. The van der Waals surface area contributed by atoms with Crippen LogP contribution < -0.4 is 10.1 Å². The summed E-state index contributed by atoms with van der Waals surface area (Å²) in [4.78, 5) is 12.1. The predicted octanol–water partition coefficient (Wildman–Crippen LogP) is 4.96. The van der Waals surface area contributed by atoms with Gasteiger partial charge in [-0.15, -0.1) is 0 Å². The Balaban J connectivity index is 2.04. The highest BCUT2D eigenvalue weighted by Gasteiger charge is 2.17. The normalized spacial score (nSPS) is 11.9. The fourth-order valence-electron chi connectivity index (χ4n) is 1.77. The van der Waals surface area contributed by atoms with Gasteiger partial charge in [0.25, 0.3) is 5.91 Å². The molecule has 2 rings (SSSR count). The maximum absolute atomic E-state index is 13.7. The quantitative estimate of drug-likeness (QED) is 0.807. The first-order valence-electron chi connectivity index (χ1n) is 6.55. The van der Waals surface area contributed by atoms with E-state index in [1.165, 1.54) is 12.1 Å². The molecule has 1 unspecified atom stereocenters. The van der Waals surface area contributed by atoms with Crippen molar-refractivity contribution >= 4 is 39.1 Å². The molecule has 0 aliphatic carbocycles. The highest BCUT2D eigenvalue weighted by molar-refractivity contribution is 9.10. The first-order chi connectivity index (χ1) is 10.4. The number of carbonyl (C=O) groups is 1. The van der Waals surface area contributed by atoms with E-state index >= 15 is 0 Å². The van der Waals surface area contributed by atoms with Gasteiger partial charge < -0.3 is 10.1 Å². The summed E-state index contributed by atoms with van der Waals surface area (Å²) in [5.41, 5.74) is 0.960. The van der Waals surface area contributed by atoms with Gasteiger partial charge in [-0.1, -0.05) is 27.5 Å². The molecule has 22 heavy (non-hydrogen) atoms. The van der Waals surface area contributed by atoms with Crippen molar-refractivity contribution < 1.29 is 13.9 Å². The van der Waals surface area contributed by atoms with Gasteiger partial charge in [-0.25, -0.2) is 4.39 Å². The average molecular weight is 387 g/mol. The molecule has 0 bridgehead atoms. The second-order valence-electron chi connectivity index (χ2n) is 4.78. The highest BCUT2D eigenvalue weighted by Crippen LogP contribution is 2.23. The number of anilines is 1. The topological polar surface area (TPSA) is 38.3 Å². The molecular weight excluding hydrogens is 373 g/mol. The molecule has 0 heterocycles. The second-order valence-corrected chi connectivity index (χ2v) is 6.11. The predicted molar refractivity (Wildman–Crippen MR) is 89.0 cm³/mol. The fraction of sp³-hybridized carbons (Fsp3) is 0.188. The largest absolute Gasteiger partial charge is 0.481 e. The molecule has 0 aromatic heterocycles. The summed E-state index contributed by atoms with van der Waals surface area (Å²) < 4.78 is 19.8. The molecule has 0 spiro atoms. The SMILES string of the molecule is Cc1cc(OC(C)C(=O)Nc2ccc(Br)cc2F)ccc1Cl. The third kappa shape index (κ3) is 4.21. The summed E-state index contributed by atoms with van der Waals surface area (Å²) in [7, 11) is 0. The molecule has 6 heteroatoms. The zero-order chi connectivity index (χ0) is 16.3. The van der Waals surface area contributed by atoms with E-state index in [2.05, 4.69) is 21.2 Å². The molecule has 2 aromatic carbocycles. The molecule has 1 N–H and O–H groups in total. The zero-order valence-electron chi connectivity index (χ0n) is 12.0. The summed E-state index contributed by atoms with van der Waals surface area (Å²) in [6.45, 7) is 3.44. The van der Waals surface area contributed by atoms with Crippen LogP contribution in [0.4, 0.5) is 10.1 Å². The van der Waals surface area contributed by atoms with Crippen LogP contribution in [0.1, 0.15) is 12.5 Å². The van der Waals surface area contributed by atoms with E-state index in [1.54, 1.807) is 31.2 Å². The molecule has 0 aliphatic rings. The van der Waals surface area contributed by atoms with Crippen LogP contribution in [0, 0.1) is 12.7 Å². The standard InChI is InChI=1S/C16H14BrClFNO2/c1-9-7-12(4-5-13(9)18)22-10(2)16(21)20-15-6-3-11(17)8-14(15)19/h3-8,10H,1-2H3,(H,20,21). The van der Waals surface area contributed by atoms with Crippen molar-refractivity contribution in [2.24, 2.45) is 0 Å². The zero-order valence-corrected chi connectivity index (χ0v) is 14.3. The van der Waals surface area contributed by atoms with Crippen LogP contribution in [0.5, 0.6) is 5.75 Å². The average Bonchev–Trinajstić information content (AvgIpc) is 2.45. The molecular formula is C16H14BrClFNO2. The van der Waals surface area contributed by atoms with Gasteiger partial charge in [0.05, 0.1) is 5.69 Å². The van der Waals surface area contributed by atoms with Crippen molar-refractivity contribution in [1.82, 2.24) is 0 Å². The van der Waals surface area contributed by atoms with Gasteiger partial charge in [0.1, 0.15) is 11.6 Å². The van der Waals surface area contributed by atoms with Crippen molar-refractivity contribution in [3.8, 4) is 5.75 Å². The Labute approximate surface area is 141 Å². The number of nitrogens with one attached hydrogen (secondary N) is 1. The maximum atomic E-state index is 13.7. The lowest BCUT2D eigenvalue weighted by Crippen LogP contribution is -2.30. The molecule has 116 valence electrons. The lowest BCUT2D eigenvalue weighted by molar-refractivity contribution is -0.122. The van der Waals surface area contributed by atoms with Crippen LogP contribution >= 0.6 is 27.5 Å². The molecule has 2 aromatic rings. The van der Waals surface area contributed by atoms with Crippen LogP contribution in [0.3, 0.4) is 0 Å². The maximum Gasteiger partial charge on any atom is 0.265 e. The number of amides is 1. The molecule has 0 fully saturated rings. The van der Waals surface area contributed by atoms with Gasteiger partial charge in [-0.05, 0) is 55.8 Å². The van der Waals surface area contributed by atoms with Gasteiger partial charge in [-0.3, -0.25) is 4.79 Å². The van der Waals surface area contributed by atoms with Crippen molar-refractivity contribution in [3.05, 3.63) is 57.3 Å². The summed E-state index contributed by atoms with van der Waals surface area (Å²) in [6.07, 6.45) is -0.774. The van der Waals surface area contributed by atoms with Crippen LogP contribution in [-0.2, 0) is 4.79 Å². The Morgan fingerprint density at radius 3 is 2.68 bits per heavy atom. The lowest BCUT2D eigenvalue weighted by atomic mass is 10.2. The number of hydrogen-bond donors (Lipinski definition) is 1. The van der Waals surface area contributed by atoms with E-state index < -0.39 is 17.8 Å². The summed E-state index contributed by atoms with van der Waals surface area (Å²) in [5.74, 6) is -0.424. The molecule has 0 aliphatic heterocycles. The minimum atomic E-state index is -0.774. The number of benzene rings is 2. The van der Waals surface area contributed by atoms with Crippen LogP contribution in [0.15, 0.2) is 40.9 Å². The minimum Gasteiger partial charge on any atom is -0.481 e. The molecule has 0 saturated carbocycles. The van der Waals surface area contributed by atoms with E-state index in [9.17, 15) is 9.18 Å². The molecule has 0 radical (unpaired) electrons. The summed E-state index contributed by atoms with van der Waals surface area (Å²) in [6, 6.07) is 9.53. The van der Waals surface area contributed by atoms with E-state index in [0.717, 1.165) is 5.56 Å². The van der Waals surface area contributed by atoms with Crippen molar-refractivity contribution in [3.63, 3.8) is 0 Å². The minimum absolute atomic E-state index is 0.107. The van der Waals surface area contributed by atoms with Gasteiger partial charge in [-0.2, -0.15) is 0 Å². The van der Waals surface area contributed by atoms with Gasteiger partial charge in [0.15, 0.2) is 6.10 Å². The Kier molecular flexibility index (Phi) is 5.42. The Hall–Kier alpha value is -1.59. The van der Waals surface area contributed by atoms with Crippen molar-refractivity contribution in [2.75, 3.05) is 5.32 Å². The van der Waals surface area contributed by atoms with Gasteiger partial charge >= 0.3 is 0 Å². The van der Waals surface area contributed by atoms with Crippen LogP contribution in [0.2, 0.25) is 5.02 Å². The van der Waals surface area contributed by atoms with Crippen LogP contribution in [-0.4, -0.2) is 12.0 Å². The van der Waals surface area contributed by atoms with Crippen molar-refractivity contribution in [2.45, 2.75) is 20.0 Å². The Bertz CT molecular complexity index is 709. The Morgan fingerprint density at radius 1 is 1.32 bits per heavy atom. The lowest BCUT2D eigenvalue weighted by Gasteiger charge is -2.15.